The number of hydrogen-bond donors (Lipinski definition) is 1. The van der Waals surface area contributed by atoms with E-state index in [-0.39, 0.29) is 11.0 Å². The number of nitrogen functional groups attached to an aromatic ring is 1. The van der Waals surface area contributed by atoms with Crippen LogP contribution in [0.4, 0.5) is 5.82 Å². The van der Waals surface area contributed by atoms with Crippen molar-refractivity contribution in [3.63, 3.8) is 0 Å². The maximum Gasteiger partial charge on any atom is 0.325 e. The van der Waals surface area contributed by atoms with Crippen LogP contribution in [0.1, 0.15) is 16.5 Å². The summed E-state index contributed by atoms with van der Waals surface area (Å²) in [6, 6.07) is 5.09. The van der Waals surface area contributed by atoms with Crippen LogP contribution in [0.25, 0.3) is 0 Å². The summed E-state index contributed by atoms with van der Waals surface area (Å²) >= 11 is 6.93. The minimum Gasteiger partial charge on any atom is -0.468 e. The highest BCUT2D eigenvalue weighted by Gasteiger charge is 2.26. The number of pyridine rings is 1. The van der Waals surface area contributed by atoms with E-state index in [9.17, 15) is 4.79 Å². The number of thioether (sulfide) groups is 1. The zero-order valence-corrected chi connectivity index (χ0v) is 13.0. The molecule has 0 aliphatic heterocycles. The lowest BCUT2D eigenvalue weighted by Gasteiger charge is -2.13. The predicted octanol–water partition coefficient (Wildman–Crippen LogP) is 2.42. The minimum absolute atomic E-state index is 0.214. The van der Waals surface area contributed by atoms with Crippen molar-refractivity contribution in [1.29, 1.82) is 0 Å². The molecule has 2 N–H and O–H groups in total. The summed E-state index contributed by atoms with van der Waals surface area (Å²) in [5.41, 5.74) is 7.18. The van der Waals surface area contributed by atoms with Gasteiger partial charge in [0.1, 0.15) is 11.0 Å². The van der Waals surface area contributed by atoms with Gasteiger partial charge in [-0.1, -0.05) is 23.4 Å². The predicted molar refractivity (Wildman–Crippen MR) is 81.0 cm³/mol. The molecule has 110 valence electrons. The van der Waals surface area contributed by atoms with Gasteiger partial charge in [-0.25, -0.2) is 9.97 Å². The Bertz CT molecular complexity index is 648. The standard InChI is InChI=1S/C13H13ClN4O2S/c1-7-3-4-16-8(5-7)11(12(19)20-2)21-13-17-9(14)6-10(15)18-13/h3-6,11H,1-2H3,(H2,15,17,18). The molecule has 0 saturated heterocycles. The van der Waals surface area contributed by atoms with Crippen LogP contribution in [-0.4, -0.2) is 28.0 Å². The summed E-state index contributed by atoms with van der Waals surface area (Å²) in [6.45, 7) is 1.91. The second-order valence-electron chi connectivity index (χ2n) is 4.18. The lowest BCUT2D eigenvalue weighted by atomic mass is 10.2. The summed E-state index contributed by atoms with van der Waals surface area (Å²) in [7, 11) is 1.32. The van der Waals surface area contributed by atoms with Crippen LogP contribution in [0.15, 0.2) is 29.6 Å². The lowest BCUT2D eigenvalue weighted by molar-refractivity contribution is -0.140. The molecule has 8 heteroatoms. The first-order valence-corrected chi connectivity index (χ1v) is 7.22. The monoisotopic (exact) mass is 324 g/mol. The van der Waals surface area contributed by atoms with Gasteiger partial charge in [0.15, 0.2) is 10.4 Å². The second-order valence-corrected chi connectivity index (χ2v) is 5.64. The molecule has 0 saturated carbocycles. The van der Waals surface area contributed by atoms with E-state index >= 15 is 0 Å². The van der Waals surface area contributed by atoms with Crippen molar-refractivity contribution in [1.82, 2.24) is 15.0 Å². The molecule has 2 aromatic heterocycles. The molecule has 2 aromatic rings. The number of carbonyl (C=O) groups excluding carboxylic acids is 1. The Morgan fingerprint density at radius 2 is 2.19 bits per heavy atom. The molecule has 0 fully saturated rings. The third-order valence-electron chi connectivity index (χ3n) is 2.54. The Morgan fingerprint density at radius 1 is 1.43 bits per heavy atom. The van der Waals surface area contributed by atoms with Crippen LogP contribution in [-0.2, 0) is 9.53 Å². The molecular weight excluding hydrogens is 312 g/mol. The molecule has 0 spiro atoms. The fourth-order valence-corrected chi connectivity index (χ4v) is 2.81. The van der Waals surface area contributed by atoms with E-state index in [0.29, 0.717) is 10.9 Å². The van der Waals surface area contributed by atoms with Gasteiger partial charge in [0.05, 0.1) is 12.8 Å². The van der Waals surface area contributed by atoms with Crippen molar-refractivity contribution >= 4 is 35.1 Å². The van der Waals surface area contributed by atoms with Crippen LogP contribution < -0.4 is 5.73 Å². The van der Waals surface area contributed by atoms with Crippen molar-refractivity contribution in [2.24, 2.45) is 0 Å². The van der Waals surface area contributed by atoms with Crippen LogP contribution in [0.3, 0.4) is 0 Å². The number of methoxy groups -OCH3 is 1. The number of rotatable bonds is 4. The molecule has 0 radical (unpaired) electrons. The maximum atomic E-state index is 12.0. The van der Waals surface area contributed by atoms with Crippen LogP contribution >= 0.6 is 23.4 Å². The molecule has 1 atom stereocenters. The number of halogens is 1. The topological polar surface area (TPSA) is 91.0 Å². The van der Waals surface area contributed by atoms with Crippen molar-refractivity contribution < 1.29 is 9.53 Å². The van der Waals surface area contributed by atoms with E-state index in [1.165, 1.54) is 13.2 Å². The van der Waals surface area contributed by atoms with Gasteiger partial charge in [-0.3, -0.25) is 9.78 Å². The SMILES string of the molecule is COC(=O)C(Sc1nc(N)cc(Cl)n1)c1cc(C)ccn1. The van der Waals surface area contributed by atoms with E-state index in [4.69, 9.17) is 22.1 Å². The van der Waals surface area contributed by atoms with Crippen LogP contribution in [0.2, 0.25) is 5.15 Å². The van der Waals surface area contributed by atoms with E-state index in [1.807, 2.05) is 19.1 Å². The average molecular weight is 325 g/mol. The molecule has 2 heterocycles. The summed E-state index contributed by atoms with van der Waals surface area (Å²) in [5, 5.41) is -0.183. The number of ether oxygens (including phenoxy) is 1. The van der Waals surface area contributed by atoms with E-state index in [1.54, 1.807) is 6.20 Å². The number of esters is 1. The summed E-state index contributed by atoms with van der Waals surface area (Å²) < 4.78 is 4.82. The summed E-state index contributed by atoms with van der Waals surface area (Å²) in [4.78, 5) is 24.3. The molecule has 6 nitrogen and oxygen atoms in total. The van der Waals surface area contributed by atoms with Gasteiger partial charge in [0.25, 0.3) is 0 Å². The number of aryl methyl sites for hydroxylation is 1. The molecule has 0 bridgehead atoms. The minimum atomic E-state index is -0.687. The fraction of sp³-hybridized carbons (Fsp3) is 0.231. The third kappa shape index (κ3) is 4.05. The van der Waals surface area contributed by atoms with Gasteiger partial charge in [-0.05, 0) is 24.6 Å². The van der Waals surface area contributed by atoms with Gasteiger partial charge in [-0.15, -0.1) is 0 Å². The number of aromatic nitrogens is 3. The maximum absolute atomic E-state index is 12.0. The Balaban J connectivity index is 2.35. The molecular formula is C13H13ClN4O2S. The average Bonchev–Trinajstić information content (AvgIpc) is 2.43. The highest BCUT2D eigenvalue weighted by Crippen LogP contribution is 2.34. The summed E-state index contributed by atoms with van der Waals surface area (Å²) in [5.74, 6) is -0.210. The zero-order valence-electron chi connectivity index (χ0n) is 11.4. The first-order valence-electron chi connectivity index (χ1n) is 5.96. The Morgan fingerprint density at radius 3 is 2.81 bits per heavy atom. The highest BCUT2D eigenvalue weighted by atomic mass is 35.5. The number of hydrogen-bond acceptors (Lipinski definition) is 7. The van der Waals surface area contributed by atoms with Crippen molar-refractivity contribution in [3.05, 3.63) is 40.8 Å². The van der Waals surface area contributed by atoms with E-state index in [2.05, 4.69) is 15.0 Å². The Hall–Kier alpha value is -1.86. The van der Waals surface area contributed by atoms with E-state index < -0.39 is 11.2 Å². The number of nitrogens with zero attached hydrogens (tertiary/aromatic N) is 3. The Labute approximate surface area is 131 Å². The second kappa shape index (κ2) is 6.73. The largest absolute Gasteiger partial charge is 0.468 e. The van der Waals surface area contributed by atoms with E-state index in [0.717, 1.165) is 17.3 Å². The van der Waals surface area contributed by atoms with Gasteiger partial charge < -0.3 is 10.5 Å². The van der Waals surface area contributed by atoms with Crippen molar-refractivity contribution in [2.45, 2.75) is 17.3 Å². The fourth-order valence-electron chi connectivity index (χ4n) is 1.61. The molecule has 0 aliphatic rings. The Kier molecular flexibility index (Phi) is 4.98. The normalized spacial score (nSPS) is 12.0. The molecule has 1 unspecified atom stereocenters. The van der Waals surface area contributed by atoms with Gasteiger partial charge >= 0.3 is 5.97 Å². The molecule has 2 rings (SSSR count). The number of anilines is 1. The molecule has 0 amide bonds. The smallest absolute Gasteiger partial charge is 0.325 e. The van der Waals surface area contributed by atoms with Gasteiger partial charge in [-0.2, -0.15) is 0 Å². The molecule has 21 heavy (non-hydrogen) atoms. The third-order valence-corrected chi connectivity index (χ3v) is 3.79. The molecule has 0 aromatic carbocycles. The lowest BCUT2D eigenvalue weighted by Crippen LogP contribution is -2.13. The van der Waals surface area contributed by atoms with Gasteiger partial charge in [0.2, 0.25) is 0 Å². The number of carbonyl (C=O) groups is 1. The summed E-state index contributed by atoms with van der Waals surface area (Å²) in [6.07, 6.45) is 1.63. The van der Waals surface area contributed by atoms with Crippen molar-refractivity contribution in [3.8, 4) is 0 Å². The van der Waals surface area contributed by atoms with Gasteiger partial charge in [0, 0.05) is 12.3 Å². The van der Waals surface area contributed by atoms with Crippen molar-refractivity contribution in [2.75, 3.05) is 12.8 Å². The zero-order chi connectivity index (χ0) is 15.4. The first kappa shape index (κ1) is 15.5. The van der Waals surface area contributed by atoms with Crippen LogP contribution in [0, 0.1) is 6.92 Å². The highest BCUT2D eigenvalue weighted by molar-refractivity contribution is 8.00. The first-order chi connectivity index (χ1) is 9.99. The quantitative estimate of drug-likeness (QED) is 0.399. The molecule has 0 aliphatic carbocycles. The number of nitrogens with two attached hydrogens (primary N) is 1. The van der Waals surface area contributed by atoms with Crippen LogP contribution in [0.5, 0.6) is 0 Å².